The predicted molar refractivity (Wildman–Crippen MR) is 89.3 cm³/mol. The first-order valence-electron chi connectivity index (χ1n) is 7.70. The van der Waals surface area contributed by atoms with Crippen LogP contribution in [0.1, 0.15) is 29.8 Å². The number of carbonyl (C=O) groups excluding carboxylic acids is 1. The summed E-state index contributed by atoms with van der Waals surface area (Å²) in [4.78, 5) is 12.2. The van der Waals surface area contributed by atoms with Gasteiger partial charge >= 0.3 is 0 Å². The van der Waals surface area contributed by atoms with Crippen LogP contribution in [-0.2, 0) is 6.42 Å². The second kappa shape index (κ2) is 8.23. The van der Waals surface area contributed by atoms with Gasteiger partial charge in [-0.15, -0.1) is 0 Å². The van der Waals surface area contributed by atoms with Crippen molar-refractivity contribution in [3.63, 3.8) is 0 Å². The maximum atomic E-state index is 12.2. The van der Waals surface area contributed by atoms with E-state index < -0.39 is 0 Å². The zero-order valence-corrected chi connectivity index (χ0v) is 13.2. The molecule has 3 nitrogen and oxygen atoms in total. The van der Waals surface area contributed by atoms with Gasteiger partial charge in [0.25, 0.3) is 5.91 Å². The normalized spacial score (nSPS) is 10.5. The minimum Gasteiger partial charge on any atom is -0.493 e. The van der Waals surface area contributed by atoms with Crippen molar-refractivity contribution in [2.45, 2.75) is 20.3 Å². The molecule has 3 heteroatoms. The predicted octanol–water partition coefficient (Wildman–Crippen LogP) is 3.69. The standard InChI is InChI=1S/C19H23NO2/c1-15(2)14-22-18-10-6-9-17(13-18)19(21)20-12-11-16-7-4-3-5-8-16/h3-10,13,15H,11-12,14H2,1-2H3,(H,20,21). The molecule has 0 radical (unpaired) electrons. The summed E-state index contributed by atoms with van der Waals surface area (Å²) in [6.07, 6.45) is 0.829. The lowest BCUT2D eigenvalue weighted by Gasteiger charge is -2.10. The lowest BCUT2D eigenvalue weighted by atomic mass is 10.1. The molecular formula is C19H23NO2. The molecule has 0 atom stereocenters. The Morgan fingerprint density at radius 2 is 1.86 bits per heavy atom. The van der Waals surface area contributed by atoms with Crippen LogP contribution in [0.5, 0.6) is 5.75 Å². The molecule has 2 rings (SSSR count). The average molecular weight is 297 g/mol. The second-order valence-electron chi connectivity index (χ2n) is 5.72. The van der Waals surface area contributed by atoms with E-state index in [2.05, 4.69) is 31.3 Å². The molecule has 0 heterocycles. The summed E-state index contributed by atoms with van der Waals surface area (Å²) in [5, 5.41) is 2.95. The molecule has 0 aliphatic rings. The van der Waals surface area contributed by atoms with Crippen molar-refractivity contribution in [2.75, 3.05) is 13.2 Å². The highest BCUT2D eigenvalue weighted by atomic mass is 16.5. The number of amides is 1. The lowest BCUT2D eigenvalue weighted by Crippen LogP contribution is -2.25. The molecule has 22 heavy (non-hydrogen) atoms. The Hall–Kier alpha value is -2.29. The summed E-state index contributed by atoms with van der Waals surface area (Å²) in [6.45, 7) is 5.47. The Labute approximate surface area is 132 Å². The van der Waals surface area contributed by atoms with E-state index >= 15 is 0 Å². The van der Waals surface area contributed by atoms with E-state index in [0.29, 0.717) is 24.6 Å². The molecule has 116 valence electrons. The number of rotatable bonds is 7. The second-order valence-corrected chi connectivity index (χ2v) is 5.72. The van der Waals surface area contributed by atoms with Gasteiger partial charge in [-0.1, -0.05) is 50.2 Å². The van der Waals surface area contributed by atoms with Gasteiger partial charge in [0, 0.05) is 12.1 Å². The van der Waals surface area contributed by atoms with E-state index in [-0.39, 0.29) is 5.91 Å². The first-order chi connectivity index (χ1) is 10.6. The number of hydrogen-bond donors (Lipinski definition) is 1. The number of hydrogen-bond acceptors (Lipinski definition) is 2. The van der Waals surface area contributed by atoms with E-state index in [1.807, 2.05) is 30.3 Å². The van der Waals surface area contributed by atoms with Gasteiger partial charge in [0.15, 0.2) is 0 Å². The zero-order chi connectivity index (χ0) is 15.8. The van der Waals surface area contributed by atoms with Crippen molar-refractivity contribution < 1.29 is 9.53 Å². The van der Waals surface area contributed by atoms with Crippen molar-refractivity contribution in [2.24, 2.45) is 5.92 Å². The summed E-state index contributed by atoms with van der Waals surface area (Å²) in [5.41, 5.74) is 1.85. The Kier molecular flexibility index (Phi) is 6.01. The topological polar surface area (TPSA) is 38.3 Å². The molecular weight excluding hydrogens is 274 g/mol. The van der Waals surface area contributed by atoms with Crippen LogP contribution in [0.4, 0.5) is 0 Å². The summed E-state index contributed by atoms with van der Waals surface area (Å²) in [6, 6.07) is 17.5. The van der Waals surface area contributed by atoms with Crippen LogP contribution in [0.3, 0.4) is 0 Å². The summed E-state index contributed by atoms with van der Waals surface area (Å²) < 4.78 is 5.65. The summed E-state index contributed by atoms with van der Waals surface area (Å²) in [5.74, 6) is 1.14. The number of carbonyl (C=O) groups is 1. The van der Waals surface area contributed by atoms with Gasteiger partial charge in [-0.2, -0.15) is 0 Å². The first kappa shape index (κ1) is 16.1. The SMILES string of the molecule is CC(C)COc1cccc(C(=O)NCCc2ccccc2)c1. The van der Waals surface area contributed by atoms with E-state index in [1.165, 1.54) is 5.56 Å². The first-order valence-corrected chi connectivity index (χ1v) is 7.70. The van der Waals surface area contributed by atoms with Crippen LogP contribution in [0.25, 0.3) is 0 Å². The van der Waals surface area contributed by atoms with Gasteiger partial charge in [0.2, 0.25) is 0 Å². The van der Waals surface area contributed by atoms with E-state index in [9.17, 15) is 4.79 Å². The van der Waals surface area contributed by atoms with Crippen LogP contribution in [0, 0.1) is 5.92 Å². The van der Waals surface area contributed by atoms with Gasteiger partial charge in [-0.25, -0.2) is 0 Å². The maximum absolute atomic E-state index is 12.2. The molecule has 1 amide bonds. The fraction of sp³-hybridized carbons (Fsp3) is 0.316. The van der Waals surface area contributed by atoms with Gasteiger partial charge in [-0.3, -0.25) is 4.79 Å². The Morgan fingerprint density at radius 1 is 1.09 bits per heavy atom. The van der Waals surface area contributed by atoms with Gasteiger partial charge in [-0.05, 0) is 36.1 Å². The van der Waals surface area contributed by atoms with Gasteiger partial charge in [0.1, 0.15) is 5.75 Å². The number of benzene rings is 2. The minimum atomic E-state index is -0.0640. The quantitative estimate of drug-likeness (QED) is 0.846. The van der Waals surface area contributed by atoms with Gasteiger partial charge in [0.05, 0.1) is 6.61 Å². The fourth-order valence-corrected chi connectivity index (χ4v) is 2.06. The van der Waals surface area contributed by atoms with Crippen LogP contribution >= 0.6 is 0 Å². The third-order valence-electron chi connectivity index (χ3n) is 3.22. The molecule has 0 fully saturated rings. The Morgan fingerprint density at radius 3 is 2.59 bits per heavy atom. The Bertz CT molecular complexity index is 593. The van der Waals surface area contributed by atoms with E-state index in [1.54, 1.807) is 12.1 Å². The number of ether oxygens (including phenoxy) is 1. The molecule has 0 unspecified atom stereocenters. The molecule has 0 aliphatic heterocycles. The highest BCUT2D eigenvalue weighted by molar-refractivity contribution is 5.94. The molecule has 0 aliphatic carbocycles. The average Bonchev–Trinajstić information content (AvgIpc) is 2.54. The van der Waals surface area contributed by atoms with Crippen molar-refractivity contribution in [3.8, 4) is 5.75 Å². The molecule has 2 aromatic rings. The van der Waals surface area contributed by atoms with Gasteiger partial charge < -0.3 is 10.1 Å². The largest absolute Gasteiger partial charge is 0.493 e. The fourth-order valence-electron chi connectivity index (χ4n) is 2.06. The minimum absolute atomic E-state index is 0.0640. The molecule has 0 saturated carbocycles. The smallest absolute Gasteiger partial charge is 0.251 e. The van der Waals surface area contributed by atoms with Crippen LogP contribution < -0.4 is 10.1 Å². The van der Waals surface area contributed by atoms with E-state index in [4.69, 9.17) is 4.74 Å². The highest BCUT2D eigenvalue weighted by Crippen LogP contribution is 2.14. The number of nitrogens with one attached hydrogen (secondary N) is 1. The highest BCUT2D eigenvalue weighted by Gasteiger charge is 2.06. The van der Waals surface area contributed by atoms with Crippen LogP contribution in [0.2, 0.25) is 0 Å². The van der Waals surface area contributed by atoms with Crippen LogP contribution in [-0.4, -0.2) is 19.1 Å². The van der Waals surface area contributed by atoms with Crippen molar-refractivity contribution >= 4 is 5.91 Å². The Balaban J connectivity index is 1.85. The third kappa shape index (κ3) is 5.24. The summed E-state index contributed by atoms with van der Waals surface area (Å²) in [7, 11) is 0. The van der Waals surface area contributed by atoms with Crippen molar-refractivity contribution in [1.82, 2.24) is 5.32 Å². The molecule has 2 aromatic carbocycles. The lowest BCUT2D eigenvalue weighted by molar-refractivity contribution is 0.0953. The molecule has 0 bridgehead atoms. The third-order valence-corrected chi connectivity index (χ3v) is 3.22. The maximum Gasteiger partial charge on any atom is 0.251 e. The van der Waals surface area contributed by atoms with Crippen LogP contribution in [0.15, 0.2) is 54.6 Å². The summed E-state index contributed by atoms with van der Waals surface area (Å²) >= 11 is 0. The molecule has 1 N–H and O–H groups in total. The molecule has 0 saturated heterocycles. The zero-order valence-electron chi connectivity index (χ0n) is 13.2. The molecule has 0 spiro atoms. The molecule has 0 aromatic heterocycles. The monoisotopic (exact) mass is 297 g/mol. The van der Waals surface area contributed by atoms with Crippen molar-refractivity contribution in [1.29, 1.82) is 0 Å². The van der Waals surface area contributed by atoms with E-state index in [0.717, 1.165) is 12.2 Å². The van der Waals surface area contributed by atoms with Crippen molar-refractivity contribution in [3.05, 3.63) is 65.7 Å².